The molecule has 0 unspecified atom stereocenters. The maximum Gasteiger partial charge on any atom is 0.253 e. The van der Waals surface area contributed by atoms with Crippen molar-refractivity contribution in [1.29, 1.82) is 0 Å². The number of alkyl halides is 1. The van der Waals surface area contributed by atoms with Crippen molar-refractivity contribution < 1.29 is 14.7 Å². The first-order valence-electron chi connectivity index (χ1n) is 11.8. The molecule has 1 N–H and O–H groups in total. The number of benzene rings is 3. The lowest BCUT2D eigenvalue weighted by Gasteiger charge is -2.18. The van der Waals surface area contributed by atoms with Crippen LogP contribution in [0.3, 0.4) is 0 Å². The first-order chi connectivity index (χ1) is 16.5. The van der Waals surface area contributed by atoms with Crippen LogP contribution in [-0.2, 0) is 4.79 Å². The highest BCUT2D eigenvalue weighted by molar-refractivity contribution is 6.18. The molecule has 5 heteroatoms. The number of ketones is 1. The second-order valence-corrected chi connectivity index (χ2v) is 9.39. The van der Waals surface area contributed by atoms with Crippen LogP contribution in [0, 0.1) is 13.8 Å². The number of amides is 1. The van der Waals surface area contributed by atoms with Gasteiger partial charge in [0.15, 0.2) is 5.78 Å². The molecule has 0 saturated heterocycles. The van der Waals surface area contributed by atoms with E-state index in [-0.39, 0.29) is 11.7 Å². The molecule has 3 rings (SSSR count). The smallest absolute Gasteiger partial charge is 0.253 e. The fourth-order valence-electron chi connectivity index (χ4n) is 3.97. The molecule has 0 radical (unpaired) electrons. The van der Waals surface area contributed by atoms with Crippen molar-refractivity contribution in [2.45, 2.75) is 47.0 Å². The Bertz CT molecular complexity index is 1240. The molecule has 0 aliphatic rings. The summed E-state index contributed by atoms with van der Waals surface area (Å²) in [7, 11) is 3.44. The fraction of sp³-hybridized carbons (Fsp3) is 0.333. The SMILES string of the molecule is CC(=O)/C(C)=C/c1cc(C(=O)N(C)C)ccc1C.CC[C@@H](CCl)c1c(C)cc(O)c2ccccc12. The Hall–Kier alpha value is -3.11. The third-order valence-corrected chi connectivity index (χ3v) is 6.59. The lowest BCUT2D eigenvalue weighted by Crippen LogP contribution is -2.21. The molecule has 0 bridgehead atoms. The van der Waals surface area contributed by atoms with Crippen molar-refractivity contribution in [2.75, 3.05) is 20.0 Å². The maximum absolute atomic E-state index is 11.9. The second kappa shape index (κ2) is 12.6. The molecule has 3 aromatic rings. The molecule has 0 saturated carbocycles. The first-order valence-corrected chi connectivity index (χ1v) is 12.3. The predicted octanol–water partition coefficient (Wildman–Crippen LogP) is 7.28. The molecule has 0 fully saturated rings. The number of carbonyl (C=O) groups is 2. The number of carbonyl (C=O) groups excluding carboxylic acids is 2. The van der Waals surface area contributed by atoms with E-state index in [2.05, 4.69) is 13.0 Å². The number of aryl methyl sites for hydroxylation is 2. The lowest BCUT2D eigenvalue weighted by atomic mass is 9.89. The van der Waals surface area contributed by atoms with Gasteiger partial charge in [-0.05, 0) is 97.5 Å². The zero-order valence-corrected chi connectivity index (χ0v) is 22.5. The Morgan fingerprint density at radius 3 is 2.17 bits per heavy atom. The number of hydrogen-bond donors (Lipinski definition) is 1. The number of fused-ring (bicyclic) bond motifs is 1. The van der Waals surface area contributed by atoms with Crippen LogP contribution < -0.4 is 0 Å². The number of halogens is 1. The van der Waals surface area contributed by atoms with Gasteiger partial charge in [-0.3, -0.25) is 9.59 Å². The average Bonchev–Trinajstić information content (AvgIpc) is 2.82. The molecular formula is C30H36ClNO3. The van der Waals surface area contributed by atoms with Crippen molar-refractivity contribution in [3.8, 4) is 5.75 Å². The fourth-order valence-corrected chi connectivity index (χ4v) is 4.34. The van der Waals surface area contributed by atoms with E-state index in [9.17, 15) is 14.7 Å². The van der Waals surface area contributed by atoms with Crippen LogP contribution in [0.5, 0.6) is 5.75 Å². The summed E-state index contributed by atoms with van der Waals surface area (Å²) in [5.41, 5.74) is 5.67. The third-order valence-electron chi connectivity index (χ3n) is 6.22. The summed E-state index contributed by atoms with van der Waals surface area (Å²) in [4.78, 5) is 24.6. The van der Waals surface area contributed by atoms with E-state index >= 15 is 0 Å². The average molecular weight is 494 g/mol. The van der Waals surface area contributed by atoms with Gasteiger partial charge in [0.2, 0.25) is 0 Å². The Balaban J connectivity index is 0.000000247. The largest absolute Gasteiger partial charge is 0.507 e. The predicted molar refractivity (Wildman–Crippen MR) is 148 cm³/mol. The highest BCUT2D eigenvalue weighted by Crippen LogP contribution is 2.36. The van der Waals surface area contributed by atoms with Gasteiger partial charge in [-0.15, -0.1) is 11.6 Å². The number of hydrogen-bond acceptors (Lipinski definition) is 3. The van der Waals surface area contributed by atoms with Gasteiger partial charge < -0.3 is 10.0 Å². The van der Waals surface area contributed by atoms with E-state index in [1.54, 1.807) is 27.1 Å². The van der Waals surface area contributed by atoms with Crippen LogP contribution in [0.25, 0.3) is 16.8 Å². The topological polar surface area (TPSA) is 57.6 Å². The minimum Gasteiger partial charge on any atom is -0.507 e. The number of Topliss-reactive ketones (excluding diaryl/α,β-unsaturated/α-hetero) is 1. The van der Waals surface area contributed by atoms with Crippen molar-refractivity contribution in [1.82, 2.24) is 4.90 Å². The van der Waals surface area contributed by atoms with E-state index in [1.165, 1.54) is 17.4 Å². The second-order valence-electron chi connectivity index (χ2n) is 9.09. The highest BCUT2D eigenvalue weighted by Gasteiger charge is 2.16. The van der Waals surface area contributed by atoms with Gasteiger partial charge >= 0.3 is 0 Å². The van der Waals surface area contributed by atoms with Crippen molar-refractivity contribution in [3.05, 3.63) is 81.9 Å². The van der Waals surface area contributed by atoms with Crippen molar-refractivity contribution in [3.63, 3.8) is 0 Å². The monoisotopic (exact) mass is 493 g/mol. The highest BCUT2D eigenvalue weighted by atomic mass is 35.5. The zero-order chi connectivity index (χ0) is 26.3. The van der Waals surface area contributed by atoms with Crippen LogP contribution in [0.15, 0.2) is 54.1 Å². The molecule has 4 nitrogen and oxygen atoms in total. The van der Waals surface area contributed by atoms with Gasteiger partial charge in [-0.1, -0.05) is 37.3 Å². The van der Waals surface area contributed by atoms with E-state index in [4.69, 9.17) is 11.6 Å². The van der Waals surface area contributed by atoms with Gasteiger partial charge in [0.05, 0.1) is 0 Å². The molecule has 0 aromatic heterocycles. The summed E-state index contributed by atoms with van der Waals surface area (Å²) < 4.78 is 0. The third kappa shape index (κ3) is 6.95. The van der Waals surface area contributed by atoms with Crippen LogP contribution in [-0.4, -0.2) is 41.7 Å². The number of phenolic OH excluding ortho intramolecular Hbond substituents is 1. The number of nitrogens with zero attached hydrogens (tertiary/aromatic N) is 1. The van der Waals surface area contributed by atoms with Gasteiger partial charge in [0.1, 0.15) is 5.75 Å². The number of rotatable bonds is 6. The molecule has 35 heavy (non-hydrogen) atoms. The summed E-state index contributed by atoms with van der Waals surface area (Å²) in [5, 5.41) is 12.0. The zero-order valence-electron chi connectivity index (χ0n) is 21.8. The Labute approximate surface area is 214 Å². The Morgan fingerprint density at radius 2 is 1.63 bits per heavy atom. The number of allylic oxidation sites excluding steroid dienone is 1. The number of aromatic hydroxyl groups is 1. The molecule has 0 aliphatic heterocycles. The van der Waals surface area contributed by atoms with Crippen molar-refractivity contribution >= 4 is 40.1 Å². The summed E-state index contributed by atoms with van der Waals surface area (Å²) >= 11 is 6.05. The lowest BCUT2D eigenvalue weighted by molar-refractivity contribution is -0.113. The van der Waals surface area contributed by atoms with Crippen molar-refractivity contribution in [2.24, 2.45) is 0 Å². The first kappa shape index (κ1) is 28.1. The van der Waals surface area contributed by atoms with E-state index in [0.717, 1.165) is 33.9 Å². The standard InChI is InChI=1S/C15H17ClO.C15H19NO2/c1-3-11(9-16)15-10(2)8-14(17)12-6-4-5-7-13(12)15;1-10-6-7-13(15(18)16(4)5)9-14(10)8-11(2)12(3)17/h4-8,11,17H,3,9H2,1-2H3;6-9H,1-5H3/b;11-8+/t11-;/m0./s1. The van der Waals surface area contributed by atoms with Gasteiger partial charge in [0.25, 0.3) is 5.91 Å². The van der Waals surface area contributed by atoms with Gasteiger partial charge in [0, 0.05) is 30.9 Å². The molecule has 1 amide bonds. The Kier molecular flexibility index (Phi) is 10.1. The van der Waals surface area contributed by atoms with Crippen LogP contribution in [0.1, 0.15) is 65.7 Å². The molecule has 0 heterocycles. The van der Waals surface area contributed by atoms with E-state index in [0.29, 0.717) is 28.7 Å². The van der Waals surface area contributed by atoms with E-state index < -0.39 is 0 Å². The summed E-state index contributed by atoms with van der Waals surface area (Å²) in [5.74, 6) is 1.32. The van der Waals surface area contributed by atoms with Gasteiger partial charge in [-0.2, -0.15) is 0 Å². The quantitative estimate of drug-likeness (QED) is 0.290. The molecule has 0 spiro atoms. The van der Waals surface area contributed by atoms with Crippen LogP contribution in [0.4, 0.5) is 0 Å². The molecular weight excluding hydrogens is 458 g/mol. The van der Waals surface area contributed by atoms with Crippen LogP contribution >= 0.6 is 11.6 Å². The Morgan fingerprint density at radius 1 is 1.00 bits per heavy atom. The summed E-state index contributed by atoms with van der Waals surface area (Å²) in [6.07, 6.45) is 2.84. The molecule has 0 aliphatic carbocycles. The minimum absolute atomic E-state index is 0.0369. The molecule has 186 valence electrons. The maximum atomic E-state index is 11.9. The molecule has 1 atom stereocenters. The summed E-state index contributed by atoms with van der Waals surface area (Å²) in [6, 6.07) is 15.3. The summed E-state index contributed by atoms with van der Waals surface area (Å²) in [6.45, 7) is 9.46. The minimum atomic E-state index is -0.0369. The normalized spacial score (nSPS) is 12.1. The van der Waals surface area contributed by atoms with Crippen LogP contribution in [0.2, 0.25) is 0 Å². The number of phenols is 1. The molecule has 3 aromatic carbocycles. The van der Waals surface area contributed by atoms with E-state index in [1.807, 2.05) is 56.3 Å². The van der Waals surface area contributed by atoms with Gasteiger partial charge in [-0.25, -0.2) is 0 Å².